The van der Waals surface area contributed by atoms with Gasteiger partial charge in [-0.25, -0.2) is 0 Å². The molecule has 1 fully saturated rings. The van der Waals surface area contributed by atoms with Gasteiger partial charge in [-0.05, 0) is 30.5 Å². The van der Waals surface area contributed by atoms with E-state index in [2.05, 4.69) is 20.8 Å². The molecule has 0 atom stereocenters. The lowest BCUT2D eigenvalue weighted by Crippen LogP contribution is -2.45. The molecule has 2 aromatic rings. The molecule has 9 heteroatoms. The molecule has 1 aliphatic carbocycles. The van der Waals surface area contributed by atoms with E-state index in [1.807, 2.05) is 6.07 Å². The zero-order chi connectivity index (χ0) is 22.3. The minimum absolute atomic E-state index is 0.118. The zero-order valence-electron chi connectivity index (χ0n) is 17.8. The van der Waals surface area contributed by atoms with E-state index in [1.54, 1.807) is 18.2 Å². The van der Waals surface area contributed by atoms with Gasteiger partial charge in [-0.15, -0.1) is 0 Å². The highest BCUT2D eigenvalue weighted by atomic mass is 16.5. The van der Waals surface area contributed by atoms with Gasteiger partial charge in [0, 0.05) is 31.9 Å². The van der Waals surface area contributed by atoms with E-state index < -0.39 is 11.4 Å². The Labute approximate surface area is 181 Å². The molecule has 166 valence electrons. The summed E-state index contributed by atoms with van der Waals surface area (Å²) >= 11 is 0. The van der Waals surface area contributed by atoms with Gasteiger partial charge in [-0.1, -0.05) is 43.0 Å². The Balaban J connectivity index is 1.56. The summed E-state index contributed by atoms with van der Waals surface area (Å²) in [5.74, 6) is 0.0625. The number of nitrogens with two attached hydrogens (primary N) is 1. The van der Waals surface area contributed by atoms with Gasteiger partial charge in [0.15, 0.2) is 5.82 Å². The lowest BCUT2D eigenvalue weighted by Gasteiger charge is -2.30. The number of rotatable bonds is 8. The molecule has 1 aliphatic rings. The van der Waals surface area contributed by atoms with Crippen LogP contribution in [-0.2, 0) is 28.1 Å². The first-order valence-corrected chi connectivity index (χ1v) is 10.7. The van der Waals surface area contributed by atoms with Crippen LogP contribution in [0.1, 0.15) is 79.5 Å². The predicted octanol–water partition coefficient (Wildman–Crippen LogP) is 2.10. The van der Waals surface area contributed by atoms with Crippen molar-refractivity contribution in [3.63, 3.8) is 0 Å². The van der Waals surface area contributed by atoms with Crippen LogP contribution in [0, 0.1) is 0 Å². The molecular weight excluding hydrogens is 398 g/mol. The first-order chi connectivity index (χ1) is 14.9. The Morgan fingerprint density at radius 2 is 1.90 bits per heavy atom. The highest BCUT2D eigenvalue weighted by Crippen LogP contribution is 2.34. The monoisotopic (exact) mass is 427 g/mol. The number of amides is 3. The number of carbonyl (C=O) groups is 3. The summed E-state index contributed by atoms with van der Waals surface area (Å²) in [7, 11) is 0. The third kappa shape index (κ3) is 6.13. The summed E-state index contributed by atoms with van der Waals surface area (Å²) in [6.07, 6.45) is 6.25. The van der Waals surface area contributed by atoms with Crippen molar-refractivity contribution >= 4 is 17.7 Å². The Kier molecular flexibility index (Phi) is 7.38. The number of benzene rings is 1. The molecule has 31 heavy (non-hydrogen) atoms. The van der Waals surface area contributed by atoms with Crippen molar-refractivity contribution in [1.29, 1.82) is 0 Å². The fourth-order valence-electron chi connectivity index (χ4n) is 3.97. The Hall–Kier alpha value is -3.23. The number of primary amides is 1. The van der Waals surface area contributed by atoms with Crippen LogP contribution in [0.2, 0.25) is 0 Å². The van der Waals surface area contributed by atoms with Crippen molar-refractivity contribution in [2.45, 2.75) is 70.4 Å². The van der Waals surface area contributed by atoms with Gasteiger partial charge in [0.2, 0.25) is 23.6 Å². The lowest BCUT2D eigenvalue weighted by atomic mass is 9.89. The molecule has 0 bridgehead atoms. The van der Waals surface area contributed by atoms with Crippen LogP contribution in [-0.4, -0.2) is 27.9 Å². The van der Waals surface area contributed by atoms with Gasteiger partial charge in [-0.2, -0.15) is 4.98 Å². The first-order valence-electron chi connectivity index (χ1n) is 10.7. The maximum Gasteiger partial charge on any atom is 0.248 e. The molecule has 1 saturated carbocycles. The van der Waals surface area contributed by atoms with Crippen LogP contribution < -0.4 is 16.4 Å². The number of nitrogens with zero attached hydrogens (tertiary/aromatic N) is 2. The molecule has 3 rings (SSSR count). The molecule has 0 spiro atoms. The van der Waals surface area contributed by atoms with E-state index >= 15 is 0 Å². The molecule has 0 unspecified atom stereocenters. The topological polar surface area (TPSA) is 140 Å². The number of hydrogen-bond donors (Lipinski definition) is 3. The van der Waals surface area contributed by atoms with Gasteiger partial charge in [-0.3, -0.25) is 14.4 Å². The second kappa shape index (κ2) is 10.2. The van der Waals surface area contributed by atoms with E-state index in [1.165, 1.54) is 6.92 Å². The summed E-state index contributed by atoms with van der Waals surface area (Å²) in [5, 5.41) is 9.98. The predicted molar refractivity (Wildman–Crippen MR) is 113 cm³/mol. The van der Waals surface area contributed by atoms with Gasteiger partial charge < -0.3 is 20.9 Å². The number of aryl methyl sites for hydroxylation is 1. The van der Waals surface area contributed by atoms with E-state index in [-0.39, 0.29) is 18.2 Å². The SMILES string of the molecule is CC(=O)NC1(c2noc(CCC(=O)NCc3cccc(C(N)=O)c3)n2)CCCCCC1. The van der Waals surface area contributed by atoms with Crippen molar-refractivity contribution in [2.24, 2.45) is 5.73 Å². The van der Waals surface area contributed by atoms with E-state index in [9.17, 15) is 14.4 Å². The summed E-state index contributed by atoms with van der Waals surface area (Å²) in [5.41, 5.74) is 5.87. The average Bonchev–Trinajstić information content (AvgIpc) is 3.11. The van der Waals surface area contributed by atoms with E-state index in [4.69, 9.17) is 10.3 Å². The van der Waals surface area contributed by atoms with Crippen LogP contribution in [0.25, 0.3) is 0 Å². The van der Waals surface area contributed by atoms with Gasteiger partial charge in [0.05, 0.1) is 0 Å². The minimum atomic E-state index is -0.599. The molecule has 1 aromatic carbocycles. The third-order valence-corrected chi connectivity index (χ3v) is 5.54. The zero-order valence-corrected chi connectivity index (χ0v) is 17.8. The largest absolute Gasteiger partial charge is 0.366 e. The molecule has 0 saturated heterocycles. The molecule has 0 aliphatic heterocycles. The Morgan fingerprint density at radius 1 is 1.16 bits per heavy atom. The molecule has 1 aromatic heterocycles. The highest BCUT2D eigenvalue weighted by Gasteiger charge is 2.38. The fourth-order valence-corrected chi connectivity index (χ4v) is 3.97. The Morgan fingerprint density at radius 3 is 2.58 bits per heavy atom. The summed E-state index contributed by atoms with van der Waals surface area (Å²) < 4.78 is 5.38. The second-order valence-corrected chi connectivity index (χ2v) is 8.03. The molecule has 4 N–H and O–H groups in total. The van der Waals surface area contributed by atoms with Crippen LogP contribution in [0.4, 0.5) is 0 Å². The standard InChI is InChI=1S/C22H29N5O4/c1-15(28)26-22(11-4-2-3-5-12-22)21-25-19(31-27-21)10-9-18(29)24-14-16-7-6-8-17(13-16)20(23)30/h6-8,13H,2-5,9-12,14H2,1H3,(H2,23,30)(H,24,29)(H,26,28). The molecule has 0 radical (unpaired) electrons. The van der Waals surface area contributed by atoms with Crippen molar-refractivity contribution in [3.05, 3.63) is 47.1 Å². The fraction of sp³-hybridized carbons (Fsp3) is 0.500. The number of nitrogens with one attached hydrogen (secondary N) is 2. The summed E-state index contributed by atoms with van der Waals surface area (Å²) in [6, 6.07) is 6.81. The smallest absolute Gasteiger partial charge is 0.248 e. The minimum Gasteiger partial charge on any atom is -0.366 e. The van der Waals surface area contributed by atoms with Crippen LogP contribution in [0.15, 0.2) is 28.8 Å². The number of carbonyl (C=O) groups excluding carboxylic acids is 3. The van der Waals surface area contributed by atoms with Crippen molar-refractivity contribution < 1.29 is 18.9 Å². The van der Waals surface area contributed by atoms with Crippen molar-refractivity contribution in [3.8, 4) is 0 Å². The third-order valence-electron chi connectivity index (χ3n) is 5.54. The molecule has 9 nitrogen and oxygen atoms in total. The van der Waals surface area contributed by atoms with Gasteiger partial charge in [0.1, 0.15) is 5.54 Å². The van der Waals surface area contributed by atoms with Crippen LogP contribution >= 0.6 is 0 Å². The highest BCUT2D eigenvalue weighted by molar-refractivity contribution is 5.92. The molecule has 1 heterocycles. The van der Waals surface area contributed by atoms with Crippen LogP contribution in [0.5, 0.6) is 0 Å². The second-order valence-electron chi connectivity index (χ2n) is 8.03. The van der Waals surface area contributed by atoms with E-state index in [0.29, 0.717) is 30.2 Å². The van der Waals surface area contributed by atoms with Crippen LogP contribution in [0.3, 0.4) is 0 Å². The lowest BCUT2D eigenvalue weighted by molar-refractivity contribution is -0.122. The maximum absolute atomic E-state index is 12.2. The number of aromatic nitrogens is 2. The quantitative estimate of drug-likeness (QED) is 0.551. The average molecular weight is 428 g/mol. The maximum atomic E-state index is 12.2. The summed E-state index contributed by atoms with van der Waals surface area (Å²) in [4.78, 5) is 39.8. The number of hydrogen-bond acceptors (Lipinski definition) is 6. The molecular formula is C22H29N5O4. The van der Waals surface area contributed by atoms with Gasteiger partial charge >= 0.3 is 0 Å². The van der Waals surface area contributed by atoms with Crippen molar-refractivity contribution in [2.75, 3.05) is 0 Å². The molecule has 3 amide bonds. The van der Waals surface area contributed by atoms with Gasteiger partial charge in [0.25, 0.3) is 0 Å². The first kappa shape index (κ1) is 22.5. The Bertz CT molecular complexity index is 931. The van der Waals surface area contributed by atoms with E-state index in [0.717, 1.165) is 44.1 Å². The normalized spacial score (nSPS) is 15.6. The summed E-state index contributed by atoms with van der Waals surface area (Å²) in [6.45, 7) is 1.79. The van der Waals surface area contributed by atoms with Crippen molar-refractivity contribution in [1.82, 2.24) is 20.8 Å².